The van der Waals surface area contributed by atoms with Crippen molar-refractivity contribution in [1.29, 1.82) is 0 Å². The van der Waals surface area contributed by atoms with E-state index >= 15 is 0 Å². The zero-order valence-corrected chi connectivity index (χ0v) is 9.52. The molecule has 0 fully saturated rings. The summed E-state index contributed by atoms with van der Waals surface area (Å²) in [7, 11) is 0. The first-order valence-electron chi connectivity index (χ1n) is 4.84. The van der Waals surface area contributed by atoms with Gasteiger partial charge in [-0.2, -0.15) is 0 Å². The van der Waals surface area contributed by atoms with Crippen molar-refractivity contribution in [3.8, 4) is 11.5 Å². The van der Waals surface area contributed by atoms with Gasteiger partial charge in [0.15, 0.2) is 0 Å². The molecule has 0 atom stereocenters. The zero-order valence-electron chi connectivity index (χ0n) is 8.76. The number of hydrogen-bond donors (Lipinski definition) is 1. The molecule has 2 aromatic rings. The maximum atomic E-state index is 10.9. The van der Waals surface area contributed by atoms with Gasteiger partial charge in [0.25, 0.3) is 0 Å². The van der Waals surface area contributed by atoms with Crippen LogP contribution in [0.5, 0.6) is 11.5 Å². The van der Waals surface area contributed by atoms with Gasteiger partial charge in [0.1, 0.15) is 16.7 Å². The second kappa shape index (κ2) is 4.84. The summed E-state index contributed by atoms with van der Waals surface area (Å²) < 4.78 is 5.52. The van der Waals surface area contributed by atoms with Gasteiger partial charge in [-0.15, -0.1) is 0 Å². The number of carbonyl (C=O) groups is 1. The number of ether oxygens (including phenoxy) is 1. The first kappa shape index (κ1) is 11.4. The van der Waals surface area contributed by atoms with Crippen LogP contribution in [0.2, 0.25) is 5.15 Å². The first-order chi connectivity index (χ1) is 8.15. The number of hydrogen-bond acceptors (Lipinski definition) is 3. The summed E-state index contributed by atoms with van der Waals surface area (Å²) in [5.41, 5.74) is 5.57. The number of halogens is 1. The lowest BCUT2D eigenvalue weighted by Gasteiger charge is -2.05. The highest BCUT2D eigenvalue weighted by molar-refractivity contribution is 6.29. The molecule has 1 amide bonds. The van der Waals surface area contributed by atoms with Crippen LogP contribution in [0.4, 0.5) is 0 Å². The van der Waals surface area contributed by atoms with Crippen LogP contribution < -0.4 is 10.5 Å². The number of aromatic nitrogens is 1. The van der Waals surface area contributed by atoms with E-state index in [2.05, 4.69) is 4.98 Å². The Morgan fingerprint density at radius 1 is 1.18 bits per heavy atom. The SMILES string of the molecule is NC(=O)c1ccc(Oc2ccnc(Cl)c2)cc1. The Kier molecular flexibility index (Phi) is 3.25. The molecule has 1 aromatic carbocycles. The van der Waals surface area contributed by atoms with Crippen molar-refractivity contribution in [2.75, 3.05) is 0 Å². The van der Waals surface area contributed by atoms with Crippen LogP contribution in [0.25, 0.3) is 0 Å². The Morgan fingerprint density at radius 3 is 2.47 bits per heavy atom. The summed E-state index contributed by atoms with van der Waals surface area (Å²) in [6, 6.07) is 9.81. The fraction of sp³-hybridized carbons (Fsp3) is 0. The second-order valence-corrected chi connectivity index (χ2v) is 3.69. The third-order valence-electron chi connectivity index (χ3n) is 2.07. The van der Waals surface area contributed by atoms with Gasteiger partial charge in [0, 0.05) is 17.8 Å². The molecule has 0 spiro atoms. The molecule has 86 valence electrons. The summed E-state index contributed by atoms with van der Waals surface area (Å²) in [6.45, 7) is 0. The van der Waals surface area contributed by atoms with Gasteiger partial charge in [-0.25, -0.2) is 4.98 Å². The monoisotopic (exact) mass is 248 g/mol. The molecule has 0 unspecified atom stereocenters. The van der Waals surface area contributed by atoms with E-state index in [9.17, 15) is 4.79 Å². The quantitative estimate of drug-likeness (QED) is 0.849. The Bertz CT molecular complexity index is 540. The molecule has 5 heteroatoms. The van der Waals surface area contributed by atoms with Crippen LogP contribution in [0.15, 0.2) is 42.6 Å². The first-order valence-corrected chi connectivity index (χ1v) is 5.22. The molecule has 2 N–H and O–H groups in total. The minimum absolute atomic E-state index is 0.358. The number of nitrogens with two attached hydrogens (primary N) is 1. The molecular formula is C12H9ClN2O2. The van der Waals surface area contributed by atoms with E-state index in [-0.39, 0.29) is 0 Å². The number of carbonyl (C=O) groups excluding carboxylic acids is 1. The number of primary amides is 1. The molecule has 17 heavy (non-hydrogen) atoms. The lowest BCUT2D eigenvalue weighted by molar-refractivity contribution is 0.100. The molecule has 0 aliphatic rings. The third-order valence-corrected chi connectivity index (χ3v) is 2.28. The van der Waals surface area contributed by atoms with Crippen LogP contribution >= 0.6 is 11.6 Å². The zero-order chi connectivity index (χ0) is 12.3. The summed E-state index contributed by atoms with van der Waals surface area (Å²) in [5.74, 6) is 0.706. The van der Waals surface area contributed by atoms with Crippen LogP contribution in [0, 0.1) is 0 Å². The van der Waals surface area contributed by atoms with Gasteiger partial charge in [-0.1, -0.05) is 11.6 Å². The van der Waals surface area contributed by atoms with Crippen molar-refractivity contribution in [1.82, 2.24) is 4.98 Å². The molecule has 2 rings (SSSR count). The van der Waals surface area contributed by atoms with Gasteiger partial charge < -0.3 is 10.5 Å². The van der Waals surface area contributed by atoms with Crippen molar-refractivity contribution < 1.29 is 9.53 Å². The highest BCUT2D eigenvalue weighted by Crippen LogP contribution is 2.22. The van der Waals surface area contributed by atoms with Crippen molar-refractivity contribution in [3.63, 3.8) is 0 Å². The van der Waals surface area contributed by atoms with E-state index < -0.39 is 5.91 Å². The normalized spacial score (nSPS) is 9.94. The summed E-state index contributed by atoms with van der Waals surface area (Å²) in [4.78, 5) is 14.7. The molecule has 1 heterocycles. The number of amides is 1. The van der Waals surface area contributed by atoms with Crippen LogP contribution in [-0.4, -0.2) is 10.9 Å². The van der Waals surface area contributed by atoms with E-state index in [4.69, 9.17) is 22.1 Å². The Hall–Kier alpha value is -2.07. The predicted octanol–water partition coefficient (Wildman–Crippen LogP) is 2.63. The number of nitrogens with zero attached hydrogens (tertiary/aromatic N) is 1. The van der Waals surface area contributed by atoms with Crippen molar-refractivity contribution >= 4 is 17.5 Å². The average molecular weight is 249 g/mol. The van der Waals surface area contributed by atoms with Crippen molar-refractivity contribution in [3.05, 3.63) is 53.3 Å². The molecule has 4 nitrogen and oxygen atoms in total. The lowest BCUT2D eigenvalue weighted by Crippen LogP contribution is -2.10. The number of benzene rings is 1. The van der Waals surface area contributed by atoms with E-state index in [1.54, 1.807) is 42.6 Å². The molecule has 0 aliphatic carbocycles. The van der Waals surface area contributed by atoms with Crippen LogP contribution in [0.3, 0.4) is 0 Å². The standard InChI is InChI=1S/C12H9ClN2O2/c13-11-7-10(5-6-15-11)17-9-3-1-8(2-4-9)12(14)16/h1-7H,(H2,14,16). The maximum Gasteiger partial charge on any atom is 0.248 e. The van der Waals surface area contributed by atoms with Gasteiger partial charge >= 0.3 is 0 Å². The predicted molar refractivity (Wildman–Crippen MR) is 64.3 cm³/mol. The van der Waals surface area contributed by atoms with E-state index in [1.165, 1.54) is 0 Å². The maximum absolute atomic E-state index is 10.9. The summed E-state index contributed by atoms with van der Waals surface area (Å²) >= 11 is 5.73. The molecule has 1 aromatic heterocycles. The number of rotatable bonds is 3. The van der Waals surface area contributed by atoms with Gasteiger partial charge in [0.05, 0.1) is 0 Å². The van der Waals surface area contributed by atoms with Gasteiger partial charge in [-0.3, -0.25) is 4.79 Å². The van der Waals surface area contributed by atoms with E-state index in [0.717, 1.165) is 0 Å². The molecule has 0 saturated heterocycles. The van der Waals surface area contributed by atoms with Crippen molar-refractivity contribution in [2.24, 2.45) is 5.73 Å². The highest BCUT2D eigenvalue weighted by atomic mass is 35.5. The summed E-state index contributed by atoms with van der Waals surface area (Å²) in [5, 5.41) is 0.358. The fourth-order valence-electron chi connectivity index (χ4n) is 1.27. The fourth-order valence-corrected chi connectivity index (χ4v) is 1.44. The van der Waals surface area contributed by atoms with E-state index in [1.807, 2.05) is 0 Å². The Labute approximate surface area is 103 Å². The largest absolute Gasteiger partial charge is 0.457 e. The molecule has 0 radical (unpaired) electrons. The van der Waals surface area contributed by atoms with Crippen LogP contribution in [0.1, 0.15) is 10.4 Å². The summed E-state index contributed by atoms with van der Waals surface area (Å²) in [6.07, 6.45) is 1.55. The molecule has 0 aliphatic heterocycles. The molecule has 0 saturated carbocycles. The minimum Gasteiger partial charge on any atom is -0.457 e. The van der Waals surface area contributed by atoms with E-state index in [0.29, 0.717) is 22.2 Å². The lowest BCUT2D eigenvalue weighted by atomic mass is 10.2. The van der Waals surface area contributed by atoms with Gasteiger partial charge in [-0.05, 0) is 30.3 Å². The van der Waals surface area contributed by atoms with Gasteiger partial charge in [0.2, 0.25) is 5.91 Å². The smallest absolute Gasteiger partial charge is 0.248 e. The Balaban J connectivity index is 2.16. The molecular weight excluding hydrogens is 240 g/mol. The topological polar surface area (TPSA) is 65.2 Å². The highest BCUT2D eigenvalue weighted by Gasteiger charge is 2.02. The van der Waals surface area contributed by atoms with Crippen LogP contribution in [-0.2, 0) is 0 Å². The Morgan fingerprint density at radius 2 is 1.88 bits per heavy atom. The average Bonchev–Trinajstić information content (AvgIpc) is 2.29. The minimum atomic E-state index is -0.469. The third kappa shape index (κ3) is 2.95. The second-order valence-electron chi connectivity index (χ2n) is 3.30. The molecule has 0 bridgehead atoms. The number of pyridine rings is 1. The van der Waals surface area contributed by atoms with Crippen molar-refractivity contribution in [2.45, 2.75) is 0 Å².